The molecule has 1 heterocycles. The first-order chi connectivity index (χ1) is 7.58. The molecule has 0 radical (unpaired) electrons. The minimum atomic E-state index is -0.565. The second-order valence-corrected chi connectivity index (χ2v) is 4.75. The van der Waals surface area contributed by atoms with Gasteiger partial charge in [0.15, 0.2) is 0 Å². The fraction of sp³-hybridized carbons (Fsp3) is 0.231. The van der Waals surface area contributed by atoms with Gasteiger partial charge >= 0.3 is 0 Å². The number of aliphatic hydroxyl groups excluding tert-OH is 1. The third kappa shape index (κ3) is 2.20. The van der Waals surface area contributed by atoms with Crippen molar-refractivity contribution in [2.24, 2.45) is 0 Å². The van der Waals surface area contributed by atoms with Crippen molar-refractivity contribution in [3.63, 3.8) is 0 Å². The number of aliphatic hydroxyl groups is 1. The molecule has 0 bridgehead atoms. The molecular weight excluding hydrogens is 268 g/mol. The molecule has 0 aliphatic heterocycles. The van der Waals surface area contributed by atoms with Crippen LogP contribution in [-0.2, 0) is 0 Å². The van der Waals surface area contributed by atoms with Crippen molar-refractivity contribution < 1.29 is 9.52 Å². The third-order valence-corrected chi connectivity index (χ3v) is 2.99. The minimum Gasteiger partial charge on any atom is -0.458 e. The lowest BCUT2D eigenvalue weighted by Gasteiger charge is -2.03. The van der Waals surface area contributed by atoms with Gasteiger partial charge in [0, 0.05) is 10.0 Å². The highest BCUT2D eigenvalue weighted by atomic mass is 79.9. The Hall–Kier alpha value is -1.06. The quantitative estimate of drug-likeness (QED) is 0.900. The lowest BCUT2D eigenvalue weighted by atomic mass is 10.1. The highest BCUT2D eigenvalue weighted by Gasteiger charge is 2.10. The molecule has 2 rings (SSSR count). The van der Waals surface area contributed by atoms with Crippen LogP contribution in [0.15, 0.2) is 39.2 Å². The van der Waals surface area contributed by atoms with Crippen molar-refractivity contribution in [2.45, 2.75) is 20.0 Å². The van der Waals surface area contributed by atoms with Crippen LogP contribution in [0.1, 0.15) is 24.4 Å². The van der Waals surface area contributed by atoms with E-state index in [1.54, 1.807) is 6.92 Å². The summed E-state index contributed by atoms with van der Waals surface area (Å²) in [5.41, 5.74) is 2.19. The second kappa shape index (κ2) is 4.44. The van der Waals surface area contributed by atoms with Crippen LogP contribution in [0, 0.1) is 6.92 Å². The predicted molar refractivity (Wildman–Crippen MR) is 67.2 cm³/mol. The van der Waals surface area contributed by atoms with E-state index in [9.17, 15) is 5.11 Å². The van der Waals surface area contributed by atoms with Gasteiger partial charge in [-0.3, -0.25) is 0 Å². The van der Waals surface area contributed by atoms with E-state index in [-0.39, 0.29) is 0 Å². The Balaban J connectivity index is 2.42. The van der Waals surface area contributed by atoms with E-state index in [4.69, 9.17) is 4.42 Å². The zero-order chi connectivity index (χ0) is 11.7. The molecule has 2 nitrogen and oxygen atoms in total. The number of hydrogen-bond donors (Lipinski definition) is 1. The zero-order valence-electron chi connectivity index (χ0n) is 9.20. The van der Waals surface area contributed by atoms with E-state index in [1.807, 2.05) is 37.3 Å². The number of benzene rings is 1. The van der Waals surface area contributed by atoms with Gasteiger partial charge in [-0.2, -0.15) is 0 Å². The molecule has 16 heavy (non-hydrogen) atoms. The van der Waals surface area contributed by atoms with Crippen LogP contribution in [0.5, 0.6) is 0 Å². The highest BCUT2D eigenvalue weighted by molar-refractivity contribution is 9.10. The van der Waals surface area contributed by atoms with Crippen LogP contribution in [0.25, 0.3) is 11.3 Å². The smallest absolute Gasteiger partial charge is 0.134 e. The van der Waals surface area contributed by atoms with E-state index < -0.39 is 6.10 Å². The van der Waals surface area contributed by atoms with Crippen LogP contribution in [0.3, 0.4) is 0 Å². The first-order valence-electron chi connectivity index (χ1n) is 5.12. The molecule has 0 fully saturated rings. The molecule has 0 spiro atoms. The first kappa shape index (κ1) is 11.4. The van der Waals surface area contributed by atoms with Crippen LogP contribution < -0.4 is 0 Å². The van der Waals surface area contributed by atoms with Crippen molar-refractivity contribution >= 4 is 15.9 Å². The van der Waals surface area contributed by atoms with Gasteiger partial charge in [-0.1, -0.05) is 15.9 Å². The molecule has 1 unspecified atom stereocenters. The lowest BCUT2D eigenvalue weighted by Crippen LogP contribution is -1.86. The standard InChI is InChI=1S/C13H13BrO2/c1-8-7-10(14)3-4-11(8)13-6-5-12(16-13)9(2)15/h3-7,9,15H,1-2H3. The van der Waals surface area contributed by atoms with Gasteiger partial charge in [-0.15, -0.1) is 0 Å². The fourth-order valence-corrected chi connectivity index (χ4v) is 2.10. The molecular formula is C13H13BrO2. The summed E-state index contributed by atoms with van der Waals surface area (Å²) in [6.07, 6.45) is -0.565. The Kier molecular flexibility index (Phi) is 3.17. The van der Waals surface area contributed by atoms with Gasteiger partial charge in [-0.25, -0.2) is 0 Å². The topological polar surface area (TPSA) is 33.4 Å². The summed E-state index contributed by atoms with van der Waals surface area (Å²) in [6.45, 7) is 3.72. The molecule has 0 saturated carbocycles. The van der Waals surface area contributed by atoms with E-state index in [0.717, 1.165) is 21.4 Å². The van der Waals surface area contributed by atoms with Crippen LogP contribution in [0.2, 0.25) is 0 Å². The summed E-state index contributed by atoms with van der Waals surface area (Å²) in [5.74, 6) is 1.39. The maximum Gasteiger partial charge on any atom is 0.134 e. The van der Waals surface area contributed by atoms with E-state index in [0.29, 0.717) is 5.76 Å². The Morgan fingerprint density at radius 2 is 2.00 bits per heavy atom. The Labute approximate surface area is 103 Å². The minimum absolute atomic E-state index is 0.565. The summed E-state index contributed by atoms with van der Waals surface area (Å²) in [6, 6.07) is 9.72. The van der Waals surface area contributed by atoms with Crippen molar-refractivity contribution in [1.82, 2.24) is 0 Å². The van der Waals surface area contributed by atoms with Crippen LogP contribution >= 0.6 is 15.9 Å². The monoisotopic (exact) mass is 280 g/mol. The molecule has 0 aliphatic rings. The van der Waals surface area contributed by atoms with E-state index >= 15 is 0 Å². The first-order valence-corrected chi connectivity index (χ1v) is 5.91. The molecule has 1 aromatic carbocycles. The molecule has 0 saturated heterocycles. The lowest BCUT2D eigenvalue weighted by molar-refractivity contribution is 0.170. The van der Waals surface area contributed by atoms with Crippen molar-refractivity contribution in [3.05, 3.63) is 46.1 Å². The van der Waals surface area contributed by atoms with Crippen molar-refractivity contribution in [3.8, 4) is 11.3 Å². The van der Waals surface area contributed by atoms with Crippen molar-refractivity contribution in [1.29, 1.82) is 0 Å². The zero-order valence-corrected chi connectivity index (χ0v) is 10.8. The number of aryl methyl sites for hydroxylation is 1. The maximum absolute atomic E-state index is 9.40. The maximum atomic E-state index is 9.40. The molecule has 1 aromatic heterocycles. The number of rotatable bonds is 2. The van der Waals surface area contributed by atoms with Gasteiger partial charge in [0.05, 0.1) is 0 Å². The molecule has 1 N–H and O–H groups in total. The van der Waals surface area contributed by atoms with Gasteiger partial charge in [0.1, 0.15) is 17.6 Å². The Morgan fingerprint density at radius 1 is 1.25 bits per heavy atom. The van der Waals surface area contributed by atoms with E-state index in [2.05, 4.69) is 15.9 Å². The average molecular weight is 281 g/mol. The molecule has 2 aromatic rings. The highest BCUT2D eigenvalue weighted by Crippen LogP contribution is 2.29. The average Bonchev–Trinajstić information content (AvgIpc) is 2.66. The summed E-state index contributed by atoms with van der Waals surface area (Å²) in [7, 11) is 0. The molecule has 0 amide bonds. The van der Waals surface area contributed by atoms with Gasteiger partial charge in [0.25, 0.3) is 0 Å². The molecule has 0 aliphatic carbocycles. The summed E-state index contributed by atoms with van der Waals surface area (Å²) in [4.78, 5) is 0. The van der Waals surface area contributed by atoms with E-state index in [1.165, 1.54) is 0 Å². The van der Waals surface area contributed by atoms with Crippen LogP contribution in [-0.4, -0.2) is 5.11 Å². The Morgan fingerprint density at radius 3 is 2.56 bits per heavy atom. The molecule has 84 valence electrons. The van der Waals surface area contributed by atoms with Crippen LogP contribution in [0.4, 0.5) is 0 Å². The summed E-state index contributed by atoms with van der Waals surface area (Å²) < 4.78 is 6.64. The number of halogens is 1. The second-order valence-electron chi connectivity index (χ2n) is 3.84. The van der Waals surface area contributed by atoms with Crippen molar-refractivity contribution in [2.75, 3.05) is 0 Å². The summed E-state index contributed by atoms with van der Waals surface area (Å²) >= 11 is 3.43. The largest absolute Gasteiger partial charge is 0.458 e. The predicted octanol–water partition coefficient (Wildman–Crippen LogP) is 4.07. The third-order valence-electron chi connectivity index (χ3n) is 2.49. The SMILES string of the molecule is Cc1cc(Br)ccc1-c1ccc(C(C)O)o1. The molecule has 3 heteroatoms. The van der Waals surface area contributed by atoms with Gasteiger partial charge < -0.3 is 9.52 Å². The van der Waals surface area contributed by atoms with Gasteiger partial charge in [0.2, 0.25) is 0 Å². The Bertz CT molecular complexity index is 500. The fourth-order valence-electron chi connectivity index (χ4n) is 1.63. The number of furan rings is 1. The molecule has 1 atom stereocenters. The normalized spacial score (nSPS) is 12.8. The van der Waals surface area contributed by atoms with Gasteiger partial charge in [-0.05, 0) is 49.7 Å². The summed E-state index contributed by atoms with van der Waals surface area (Å²) in [5, 5.41) is 9.40. The number of hydrogen-bond acceptors (Lipinski definition) is 2.